The van der Waals surface area contributed by atoms with Crippen molar-refractivity contribution in [3.05, 3.63) is 45.9 Å². The maximum absolute atomic E-state index is 5.45. The van der Waals surface area contributed by atoms with E-state index in [2.05, 4.69) is 31.1 Å². The van der Waals surface area contributed by atoms with Gasteiger partial charge in [0.25, 0.3) is 0 Å². The van der Waals surface area contributed by atoms with Gasteiger partial charge >= 0.3 is 0 Å². The second-order valence-electron chi connectivity index (χ2n) is 4.62. The lowest BCUT2D eigenvalue weighted by Gasteiger charge is -2.13. The molecule has 118 valence electrons. The number of halogens is 1. The maximum Gasteiger partial charge on any atom is 0.200 e. The number of nitrogens with zero attached hydrogens (tertiary/aromatic N) is 3. The average Bonchev–Trinajstić information content (AvgIpc) is 2.95. The van der Waals surface area contributed by atoms with Crippen LogP contribution in [-0.2, 0) is 0 Å². The third-order valence-electron chi connectivity index (χ3n) is 3.26. The monoisotopic (exact) mass is 392 g/mol. The Hall–Kier alpha value is -2.19. The molecule has 0 aliphatic rings. The number of pyridine rings is 1. The molecule has 0 amide bonds. The van der Waals surface area contributed by atoms with Gasteiger partial charge in [0.2, 0.25) is 0 Å². The second kappa shape index (κ2) is 6.51. The van der Waals surface area contributed by atoms with E-state index < -0.39 is 0 Å². The molecular formula is C15H13BrN4O2S. The predicted molar refractivity (Wildman–Crippen MR) is 92.8 cm³/mol. The van der Waals surface area contributed by atoms with E-state index >= 15 is 0 Å². The van der Waals surface area contributed by atoms with Crippen LogP contribution in [0.4, 0.5) is 0 Å². The molecular weight excluding hydrogens is 380 g/mol. The van der Waals surface area contributed by atoms with E-state index in [9.17, 15) is 0 Å². The summed E-state index contributed by atoms with van der Waals surface area (Å²) < 4.78 is 13.8. The van der Waals surface area contributed by atoms with Crippen LogP contribution in [0.15, 0.2) is 41.1 Å². The number of methoxy groups -OCH3 is 2. The van der Waals surface area contributed by atoms with Gasteiger partial charge in [0, 0.05) is 28.5 Å². The lowest BCUT2D eigenvalue weighted by atomic mass is 10.2. The van der Waals surface area contributed by atoms with Crippen molar-refractivity contribution in [1.29, 1.82) is 0 Å². The first-order valence-corrected chi connectivity index (χ1v) is 7.85. The number of nitrogens with one attached hydrogen (secondary N) is 1. The quantitative estimate of drug-likeness (QED) is 0.684. The average molecular weight is 393 g/mol. The van der Waals surface area contributed by atoms with Crippen molar-refractivity contribution in [1.82, 2.24) is 19.7 Å². The van der Waals surface area contributed by atoms with Gasteiger partial charge in [-0.1, -0.05) is 0 Å². The molecule has 2 heterocycles. The third-order valence-corrected chi connectivity index (χ3v) is 3.97. The summed E-state index contributed by atoms with van der Waals surface area (Å²) >= 11 is 8.81. The Balaban J connectivity index is 2.26. The molecule has 1 aromatic carbocycles. The molecule has 1 N–H and O–H groups in total. The molecule has 0 fully saturated rings. The lowest BCUT2D eigenvalue weighted by Crippen LogP contribution is -2.02. The Bertz CT molecular complexity index is 906. The summed E-state index contributed by atoms with van der Waals surface area (Å²) in [6.45, 7) is 0. The van der Waals surface area contributed by atoms with Crippen LogP contribution < -0.4 is 9.47 Å². The van der Waals surface area contributed by atoms with Gasteiger partial charge in [0.15, 0.2) is 10.6 Å². The van der Waals surface area contributed by atoms with Gasteiger partial charge in [0.05, 0.1) is 19.9 Å². The van der Waals surface area contributed by atoms with Crippen molar-refractivity contribution in [3.63, 3.8) is 0 Å². The van der Waals surface area contributed by atoms with Crippen LogP contribution in [-0.4, -0.2) is 34.0 Å². The summed E-state index contributed by atoms with van der Waals surface area (Å²) in [4.78, 5) is 4.18. The van der Waals surface area contributed by atoms with Crippen molar-refractivity contribution in [2.24, 2.45) is 0 Å². The SMILES string of the molecule is COc1ccc(OC)c(-n2c(-c3cncc(Br)c3)n[nH]c2=S)c1. The molecule has 2 aromatic heterocycles. The Morgan fingerprint density at radius 1 is 1.17 bits per heavy atom. The summed E-state index contributed by atoms with van der Waals surface area (Å²) in [5, 5.41) is 7.14. The van der Waals surface area contributed by atoms with E-state index in [1.807, 2.05) is 24.3 Å². The minimum Gasteiger partial charge on any atom is -0.497 e. The summed E-state index contributed by atoms with van der Waals surface area (Å²) in [5.74, 6) is 1.99. The fourth-order valence-electron chi connectivity index (χ4n) is 2.22. The Morgan fingerprint density at radius 3 is 2.70 bits per heavy atom. The van der Waals surface area contributed by atoms with Gasteiger partial charge in [-0.3, -0.25) is 14.6 Å². The zero-order valence-electron chi connectivity index (χ0n) is 12.4. The molecule has 23 heavy (non-hydrogen) atoms. The van der Waals surface area contributed by atoms with Crippen molar-refractivity contribution in [2.75, 3.05) is 14.2 Å². The highest BCUT2D eigenvalue weighted by molar-refractivity contribution is 9.10. The van der Waals surface area contributed by atoms with E-state index in [4.69, 9.17) is 21.7 Å². The van der Waals surface area contributed by atoms with Crippen LogP contribution in [0.5, 0.6) is 11.5 Å². The van der Waals surface area contributed by atoms with Crippen molar-refractivity contribution in [2.45, 2.75) is 0 Å². The minimum absolute atomic E-state index is 0.450. The van der Waals surface area contributed by atoms with Crippen molar-refractivity contribution < 1.29 is 9.47 Å². The zero-order chi connectivity index (χ0) is 16.4. The highest BCUT2D eigenvalue weighted by atomic mass is 79.9. The molecule has 0 saturated carbocycles. The van der Waals surface area contributed by atoms with Gasteiger partial charge in [0.1, 0.15) is 11.5 Å². The molecule has 0 bridgehead atoms. The molecule has 0 unspecified atom stereocenters. The van der Waals surface area contributed by atoms with E-state index in [-0.39, 0.29) is 0 Å². The number of benzene rings is 1. The van der Waals surface area contributed by atoms with Gasteiger partial charge in [-0.15, -0.1) is 0 Å². The van der Waals surface area contributed by atoms with E-state index in [0.29, 0.717) is 22.1 Å². The smallest absolute Gasteiger partial charge is 0.200 e. The Labute approximate surface area is 146 Å². The summed E-state index contributed by atoms with van der Waals surface area (Å²) in [5.41, 5.74) is 1.55. The molecule has 0 atom stereocenters. The minimum atomic E-state index is 0.450. The lowest BCUT2D eigenvalue weighted by molar-refractivity contribution is 0.401. The summed E-state index contributed by atoms with van der Waals surface area (Å²) in [6, 6.07) is 7.42. The largest absolute Gasteiger partial charge is 0.497 e. The van der Waals surface area contributed by atoms with E-state index in [0.717, 1.165) is 15.7 Å². The van der Waals surface area contributed by atoms with Crippen LogP contribution in [0.1, 0.15) is 0 Å². The summed E-state index contributed by atoms with van der Waals surface area (Å²) in [7, 11) is 3.22. The van der Waals surface area contributed by atoms with E-state index in [1.54, 1.807) is 31.2 Å². The highest BCUT2D eigenvalue weighted by Gasteiger charge is 2.16. The number of aromatic nitrogens is 4. The standard InChI is InChI=1S/C15H13BrN4O2S/c1-21-11-3-4-13(22-2)12(6-11)20-14(18-19-15(20)23)9-5-10(16)8-17-7-9/h3-8H,1-2H3,(H,19,23). The molecule has 6 nitrogen and oxygen atoms in total. The number of aromatic amines is 1. The number of rotatable bonds is 4. The third kappa shape index (κ3) is 2.99. The maximum atomic E-state index is 5.45. The first-order valence-electron chi connectivity index (χ1n) is 6.65. The number of ether oxygens (including phenoxy) is 2. The first kappa shape index (κ1) is 15.7. The molecule has 8 heteroatoms. The molecule has 0 saturated heterocycles. The Kier molecular flexibility index (Phi) is 4.44. The van der Waals surface area contributed by atoms with Gasteiger partial charge < -0.3 is 9.47 Å². The van der Waals surface area contributed by atoms with Crippen LogP contribution in [0.2, 0.25) is 0 Å². The highest BCUT2D eigenvalue weighted by Crippen LogP contribution is 2.31. The van der Waals surface area contributed by atoms with Crippen LogP contribution in [0, 0.1) is 4.77 Å². The molecule has 3 aromatic rings. The van der Waals surface area contributed by atoms with Gasteiger partial charge in [-0.25, -0.2) is 0 Å². The number of hydrogen-bond donors (Lipinski definition) is 1. The van der Waals surface area contributed by atoms with Crippen molar-refractivity contribution >= 4 is 28.1 Å². The zero-order valence-corrected chi connectivity index (χ0v) is 14.8. The molecule has 0 radical (unpaired) electrons. The van der Waals surface area contributed by atoms with E-state index in [1.165, 1.54) is 0 Å². The molecule has 0 spiro atoms. The van der Waals surface area contributed by atoms with Gasteiger partial charge in [-0.2, -0.15) is 5.10 Å². The number of hydrogen-bond acceptors (Lipinski definition) is 5. The topological polar surface area (TPSA) is 65.0 Å². The summed E-state index contributed by atoms with van der Waals surface area (Å²) in [6.07, 6.45) is 3.43. The Morgan fingerprint density at radius 2 is 2.00 bits per heavy atom. The molecule has 0 aliphatic carbocycles. The fourth-order valence-corrected chi connectivity index (χ4v) is 2.82. The van der Waals surface area contributed by atoms with Crippen LogP contribution >= 0.6 is 28.1 Å². The first-order chi connectivity index (χ1) is 11.1. The van der Waals surface area contributed by atoms with Crippen LogP contribution in [0.25, 0.3) is 17.1 Å². The predicted octanol–water partition coefficient (Wildman–Crippen LogP) is 3.77. The van der Waals surface area contributed by atoms with Gasteiger partial charge in [-0.05, 0) is 46.3 Å². The van der Waals surface area contributed by atoms with Crippen LogP contribution in [0.3, 0.4) is 0 Å². The fraction of sp³-hybridized carbons (Fsp3) is 0.133. The van der Waals surface area contributed by atoms with Crippen molar-refractivity contribution in [3.8, 4) is 28.6 Å². The normalized spacial score (nSPS) is 10.6. The second-order valence-corrected chi connectivity index (χ2v) is 5.92. The molecule has 3 rings (SSSR count). The molecule has 0 aliphatic heterocycles. The number of H-pyrrole nitrogens is 1.